The van der Waals surface area contributed by atoms with Crippen molar-refractivity contribution in [2.75, 3.05) is 5.73 Å². The average Bonchev–Trinajstić information content (AvgIpc) is 2.69. The number of hydrogen-bond donors (Lipinski definition) is 3. The fraction of sp³-hybridized carbons (Fsp3) is 0.636. The molecule has 0 radical (unpaired) electrons. The number of amides is 1. The Bertz CT molecular complexity index is 579. The SMILES string of the molecule is CCn1cc(S(=O)(=O)NC(C)C(=O)NC(C)C)c(N)n1. The molecule has 0 aliphatic heterocycles. The largest absolute Gasteiger partial charge is 0.381 e. The van der Waals surface area contributed by atoms with Gasteiger partial charge in [-0.3, -0.25) is 9.48 Å². The Hall–Kier alpha value is -1.61. The van der Waals surface area contributed by atoms with E-state index >= 15 is 0 Å². The molecular weight excluding hydrogens is 282 g/mol. The molecule has 9 heteroatoms. The van der Waals surface area contributed by atoms with Crippen LogP contribution < -0.4 is 15.8 Å². The van der Waals surface area contributed by atoms with Gasteiger partial charge in [-0.05, 0) is 27.7 Å². The van der Waals surface area contributed by atoms with Gasteiger partial charge in [0.25, 0.3) is 0 Å². The van der Waals surface area contributed by atoms with E-state index < -0.39 is 22.0 Å². The maximum Gasteiger partial charge on any atom is 0.246 e. The summed E-state index contributed by atoms with van der Waals surface area (Å²) < 4.78 is 28.0. The van der Waals surface area contributed by atoms with Gasteiger partial charge >= 0.3 is 0 Å². The lowest BCUT2D eigenvalue weighted by molar-refractivity contribution is -0.122. The highest BCUT2D eigenvalue weighted by atomic mass is 32.2. The number of aryl methyl sites for hydroxylation is 1. The molecule has 0 fully saturated rings. The molecule has 4 N–H and O–H groups in total. The lowest BCUT2D eigenvalue weighted by atomic mass is 10.3. The number of nitrogens with one attached hydrogen (secondary N) is 2. The first kappa shape index (κ1) is 16.4. The monoisotopic (exact) mass is 303 g/mol. The number of sulfonamides is 1. The number of nitrogen functional groups attached to an aromatic ring is 1. The highest BCUT2D eigenvalue weighted by molar-refractivity contribution is 7.89. The molecule has 20 heavy (non-hydrogen) atoms. The van der Waals surface area contributed by atoms with Gasteiger partial charge < -0.3 is 11.1 Å². The predicted octanol–water partition coefficient (Wildman–Crippen LogP) is -0.323. The lowest BCUT2D eigenvalue weighted by Crippen LogP contribution is -2.46. The highest BCUT2D eigenvalue weighted by Crippen LogP contribution is 2.16. The third-order valence-electron chi connectivity index (χ3n) is 2.52. The van der Waals surface area contributed by atoms with Crippen LogP contribution in [0.5, 0.6) is 0 Å². The summed E-state index contributed by atoms with van der Waals surface area (Å²) in [7, 11) is -3.88. The standard InChI is InChI=1S/C11H21N5O3S/c1-5-16-6-9(10(12)14-16)20(18,19)15-8(4)11(17)13-7(2)3/h6-8,15H,5H2,1-4H3,(H2,12,14)(H,13,17). The molecule has 0 aliphatic rings. The second-order valence-corrected chi connectivity index (χ2v) is 6.42. The highest BCUT2D eigenvalue weighted by Gasteiger charge is 2.26. The molecule has 0 aromatic carbocycles. The number of carbonyl (C=O) groups is 1. The van der Waals surface area contributed by atoms with Crippen LogP contribution in [0.15, 0.2) is 11.1 Å². The number of aromatic nitrogens is 2. The van der Waals surface area contributed by atoms with E-state index in [1.165, 1.54) is 17.8 Å². The molecule has 1 unspecified atom stereocenters. The number of anilines is 1. The quantitative estimate of drug-likeness (QED) is 0.665. The second kappa shape index (κ2) is 6.23. The summed E-state index contributed by atoms with van der Waals surface area (Å²) in [5, 5.41) is 6.50. The normalized spacial score (nSPS) is 13.4. The maximum absolute atomic E-state index is 12.2. The van der Waals surface area contributed by atoms with Crippen molar-refractivity contribution in [3.05, 3.63) is 6.20 Å². The molecule has 0 aliphatic carbocycles. The van der Waals surface area contributed by atoms with Crippen molar-refractivity contribution in [1.29, 1.82) is 0 Å². The van der Waals surface area contributed by atoms with Crippen LogP contribution in [0.3, 0.4) is 0 Å². The summed E-state index contributed by atoms with van der Waals surface area (Å²) in [6, 6.07) is -0.964. The predicted molar refractivity (Wildman–Crippen MR) is 75.4 cm³/mol. The first-order valence-corrected chi connectivity index (χ1v) is 7.81. The smallest absolute Gasteiger partial charge is 0.246 e. The van der Waals surface area contributed by atoms with E-state index in [-0.39, 0.29) is 16.8 Å². The Morgan fingerprint density at radius 3 is 2.50 bits per heavy atom. The lowest BCUT2D eigenvalue weighted by Gasteiger charge is -2.15. The molecule has 1 atom stereocenters. The van der Waals surface area contributed by atoms with E-state index in [1.54, 1.807) is 13.8 Å². The summed E-state index contributed by atoms with van der Waals surface area (Å²) in [5.74, 6) is -0.485. The summed E-state index contributed by atoms with van der Waals surface area (Å²) in [4.78, 5) is 11.6. The third-order valence-corrected chi connectivity index (χ3v) is 4.08. The molecule has 1 heterocycles. The van der Waals surface area contributed by atoms with Crippen molar-refractivity contribution >= 4 is 21.7 Å². The van der Waals surface area contributed by atoms with Gasteiger partial charge in [0.1, 0.15) is 4.90 Å². The molecule has 0 saturated heterocycles. The topological polar surface area (TPSA) is 119 Å². The van der Waals surface area contributed by atoms with Gasteiger partial charge in [-0.2, -0.15) is 9.82 Å². The number of rotatable bonds is 6. The van der Waals surface area contributed by atoms with Gasteiger partial charge in [0, 0.05) is 18.8 Å². The van der Waals surface area contributed by atoms with E-state index in [0.717, 1.165) is 0 Å². The zero-order valence-electron chi connectivity index (χ0n) is 12.0. The van der Waals surface area contributed by atoms with Crippen molar-refractivity contribution in [3.8, 4) is 0 Å². The van der Waals surface area contributed by atoms with Gasteiger partial charge in [0.15, 0.2) is 5.82 Å². The molecule has 114 valence electrons. The fourth-order valence-electron chi connectivity index (χ4n) is 1.55. The van der Waals surface area contributed by atoms with Gasteiger partial charge in [0.2, 0.25) is 15.9 Å². The Kier molecular flexibility index (Phi) is 5.12. The van der Waals surface area contributed by atoms with E-state index in [1.807, 2.05) is 6.92 Å². The molecular formula is C11H21N5O3S. The number of hydrogen-bond acceptors (Lipinski definition) is 5. The second-order valence-electron chi connectivity index (χ2n) is 4.74. The number of carbonyl (C=O) groups excluding carboxylic acids is 1. The molecule has 8 nitrogen and oxygen atoms in total. The third kappa shape index (κ3) is 3.94. The van der Waals surface area contributed by atoms with Gasteiger partial charge in [0.05, 0.1) is 6.04 Å². The van der Waals surface area contributed by atoms with Crippen LogP contribution in [0, 0.1) is 0 Å². The van der Waals surface area contributed by atoms with Crippen LogP contribution in [0.2, 0.25) is 0 Å². The van der Waals surface area contributed by atoms with Crippen LogP contribution in [0.4, 0.5) is 5.82 Å². The number of nitrogens with zero attached hydrogens (tertiary/aromatic N) is 2. The molecule has 1 aromatic rings. The van der Waals surface area contributed by atoms with E-state index in [0.29, 0.717) is 6.54 Å². The van der Waals surface area contributed by atoms with Crippen LogP contribution >= 0.6 is 0 Å². The van der Waals surface area contributed by atoms with Crippen molar-refractivity contribution in [2.45, 2.75) is 51.2 Å². The van der Waals surface area contributed by atoms with Crippen molar-refractivity contribution < 1.29 is 13.2 Å². The molecule has 1 aromatic heterocycles. The fourth-order valence-corrected chi connectivity index (χ4v) is 2.82. The van der Waals surface area contributed by atoms with Crippen molar-refractivity contribution in [3.63, 3.8) is 0 Å². The minimum Gasteiger partial charge on any atom is -0.381 e. The Morgan fingerprint density at radius 2 is 2.05 bits per heavy atom. The van der Waals surface area contributed by atoms with Crippen molar-refractivity contribution in [2.24, 2.45) is 0 Å². The van der Waals surface area contributed by atoms with E-state index in [9.17, 15) is 13.2 Å². The minimum absolute atomic E-state index is 0.0673. The van der Waals surface area contributed by atoms with Gasteiger partial charge in [-0.1, -0.05) is 0 Å². The average molecular weight is 303 g/mol. The Balaban J connectivity index is 2.89. The zero-order chi connectivity index (χ0) is 15.5. The van der Waals surface area contributed by atoms with Gasteiger partial charge in [-0.25, -0.2) is 8.42 Å². The first-order chi connectivity index (χ1) is 9.17. The van der Waals surface area contributed by atoms with Gasteiger partial charge in [-0.15, -0.1) is 0 Å². The van der Waals surface area contributed by atoms with E-state index in [2.05, 4.69) is 15.1 Å². The molecule has 1 rings (SSSR count). The summed E-state index contributed by atoms with van der Waals surface area (Å²) >= 11 is 0. The molecule has 0 saturated carbocycles. The summed E-state index contributed by atoms with van der Waals surface area (Å²) in [6.45, 7) is 7.37. The Labute approximate surface area is 118 Å². The zero-order valence-corrected chi connectivity index (χ0v) is 12.9. The molecule has 0 bridgehead atoms. The molecule has 0 spiro atoms. The van der Waals surface area contributed by atoms with Crippen LogP contribution in [-0.4, -0.2) is 36.2 Å². The van der Waals surface area contributed by atoms with Crippen molar-refractivity contribution in [1.82, 2.24) is 19.8 Å². The minimum atomic E-state index is -3.88. The maximum atomic E-state index is 12.2. The summed E-state index contributed by atoms with van der Waals surface area (Å²) in [5.41, 5.74) is 5.58. The number of nitrogens with two attached hydrogens (primary N) is 1. The molecule has 1 amide bonds. The van der Waals surface area contributed by atoms with E-state index in [4.69, 9.17) is 5.73 Å². The first-order valence-electron chi connectivity index (χ1n) is 6.33. The summed E-state index contributed by atoms with van der Waals surface area (Å²) in [6.07, 6.45) is 1.34. The van der Waals surface area contributed by atoms with Crippen LogP contribution in [-0.2, 0) is 21.4 Å². The van der Waals surface area contributed by atoms with Crippen LogP contribution in [0.1, 0.15) is 27.7 Å². The Morgan fingerprint density at radius 1 is 1.45 bits per heavy atom. The van der Waals surface area contributed by atoms with Crippen LogP contribution in [0.25, 0.3) is 0 Å².